The molecule has 0 atom stereocenters. The molecule has 0 aromatic rings. The van der Waals surface area contributed by atoms with E-state index in [1.807, 2.05) is 0 Å². The molecule has 0 radical (unpaired) electrons. The second-order valence-corrected chi connectivity index (χ2v) is 17.6. The first-order valence-corrected chi connectivity index (χ1v) is 16.9. The van der Waals surface area contributed by atoms with Gasteiger partial charge in [-0.05, 0) is 82.6 Å². The minimum absolute atomic E-state index is 1.25. The summed E-state index contributed by atoms with van der Waals surface area (Å²) in [6.45, 7) is 28.4. The molecule has 164 valence electrons. The summed E-state index contributed by atoms with van der Waals surface area (Å²) in [4.78, 5) is 0. The molecule has 5 heteroatoms. The third-order valence-corrected chi connectivity index (χ3v) is 19.7. The van der Waals surface area contributed by atoms with Gasteiger partial charge < -0.3 is 13.4 Å². The van der Waals surface area contributed by atoms with Crippen LogP contribution in [0.15, 0.2) is 0 Å². The lowest BCUT2D eigenvalue weighted by molar-refractivity contribution is 0.331. The summed E-state index contributed by atoms with van der Waals surface area (Å²) in [6, 6.07) is 5.49. The monoisotopic (exact) mass is 415 g/mol. The maximum absolute atomic E-state index is 3.20. The fourth-order valence-corrected chi connectivity index (χ4v) is 20.2. The highest BCUT2D eigenvalue weighted by molar-refractivity contribution is 6.90. The molecular weight excluding hydrogens is 362 g/mol. The summed E-state index contributed by atoms with van der Waals surface area (Å²) in [6.07, 6.45) is 5.14. The first kappa shape index (κ1) is 27.3. The Kier molecular flexibility index (Phi) is 14.5. The van der Waals surface area contributed by atoms with Crippen molar-refractivity contribution in [3.8, 4) is 0 Å². The van der Waals surface area contributed by atoms with Crippen LogP contribution in [-0.2, 0) is 0 Å². The molecule has 0 saturated carbocycles. The van der Waals surface area contributed by atoms with Crippen molar-refractivity contribution in [2.24, 2.45) is 0 Å². The largest absolute Gasteiger partial charge is 0.321 e. The molecule has 3 nitrogen and oxygen atoms in total. The van der Waals surface area contributed by atoms with Crippen molar-refractivity contribution in [2.45, 2.75) is 112 Å². The SMILES string of the molecule is CCCN(CCC)[Si](CC)(CC)N(CC)[Si](CC)(CC)N(CCC)CCC. The first-order chi connectivity index (χ1) is 13.0. The molecule has 0 aliphatic heterocycles. The van der Waals surface area contributed by atoms with Crippen LogP contribution in [-0.4, -0.2) is 62.9 Å². The summed E-state index contributed by atoms with van der Waals surface area (Å²) in [5, 5.41) is 0. The molecule has 0 heterocycles. The lowest BCUT2D eigenvalue weighted by Gasteiger charge is -2.59. The Morgan fingerprint density at radius 1 is 0.444 bits per heavy atom. The van der Waals surface area contributed by atoms with E-state index >= 15 is 0 Å². The van der Waals surface area contributed by atoms with Crippen molar-refractivity contribution < 1.29 is 0 Å². The molecule has 27 heavy (non-hydrogen) atoms. The number of hydrogen-bond donors (Lipinski definition) is 0. The summed E-state index contributed by atoms with van der Waals surface area (Å²) in [7, 11) is -3.31. The molecule has 0 aromatic carbocycles. The van der Waals surface area contributed by atoms with Crippen LogP contribution in [0.2, 0.25) is 24.2 Å². The summed E-state index contributed by atoms with van der Waals surface area (Å²) < 4.78 is 9.20. The van der Waals surface area contributed by atoms with Gasteiger partial charge in [-0.2, -0.15) is 0 Å². The van der Waals surface area contributed by atoms with E-state index in [-0.39, 0.29) is 0 Å². The number of hydrogen-bond acceptors (Lipinski definition) is 3. The Morgan fingerprint density at radius 2 is 0.704 bits per heavy atom. The second-order valence-electron chi connectivity index (χ2n) is 8.10. The van der Waals surface area contributed by atoms with E-state index in [4.69, 9.17) is 0 Å². The van der Waals surface area contributed by atoms with Crippen LogP contribution in [0.3, 0.4) is 0 Å². The molecule has 0 aliphatic carbocycles. The van der Waals surface area contributed by atoms with Crippen molar-refractivity contribution in [3.05, 3.63) is 0 Å². The van der Waals surface area contributed by atoms with Gasteiger partial charge in [-0.25, -0.2) is 0 Å². The van der Waals surface area contributed by atoms with E-state index in [0.29, 0.717) is 0 Å². The summed E-state index contributed by atoms with van der Waals surface area (Å²) in [5.74, 6) is 0. The van der Waals surface area contributed by atoms with Gasteiger partial charge in [-0.15, -0.1) is 0 Å². The molecule has 0 amide bonds. The molecule has 0 fully saturated rings. The predicted molar refractivity (Wildman–Crippen MR) is 130 cm³/mol. The van der Waals surface area contributed by atoms with E-state index in [1.54, 1.807) is 0 Å². The van der Waals surface area contributed by atoms with Gasteiger partial charge in [0.2, 0.25) is 16.8 Å². The third-order valence-electron chi connectivity index (χ3n) is 6.74. The van der Waals surface area contributed by atoms with Crippen molar-refractivity contribution >= 4 is 16.8 Å². The van der Waals surface area contributed by atoms with E-state index in [1.165, 1.54) is 82.6 Å². The lowest BCUT2D eigenvalue weighted by Crippen LogP contribution is -2.78. The van der Waals surface area contributed by atoms with Crippen molar-refractivity contribution in [1.82, 2.24) is 13.4 Å². The Balaban J connectivity index is 6.39. The average Bonchev–Trinajstić information content (AvgIpc) is 2.69. The highest BCUT2D eigenvalue weighted by Crippen LogP contribution is 2.36. The van der Waals surface area contributed by atoms with E-state index in [2.05, 4.69) is 75.7 Å². The molecule has 0 rings (SSSR count). The molecule has 0 aromatic heterocycles. The van der Waals surface area contributed by atoms with Gasteiger partial charge in [0, 0.05) is 0 Å². The van der Waals surface area contributed by atoms with Crippen molar-refractivity contribution in [1.29, 1.82) is 0 Å². The Labute approximate surface area is 175 Å². The Bertz CT molecular complexity index is 313. The molecular formula is C22H53N3Si2. The van der Waals surface area contributed by atoms with Gasteiger partial charge in [0.15, 0.2) is 0 Å². The van der Waals surface area contributed by atoms with Crippen LogP contribution in [0.25, 0.3) is 0 Å². The van der Waals surface area contributed by atoms with Gasteiger partial charge in [0.1, 0.15) is 0 Å². The quantitative estimate of drug-likeness (QED) is 0.250. The third kappa shape index (κ3) is 6.14. The smallest absolute Gasteiger partial charge is 0.200 e. The maximum Gasteiger partial charge on any atom is 0.200 e. The highest BCUT2D eigenvalue weighted by Gasteiger charge is 2.52. The van der Waals surface area contributed by atoms with E-state index in [9.17, 15) is 0 Å². The van der Waals surface area contributed by atoms with Crippen LogP contribution in [0, 0.1) is 0 Å². The molecule has 0 unspecified atom stereocenters. The molecule has 0 bridgehead atoms. The van der Waals surface area contributed by atoms with E-state index in [0.717, 1.165) is 0 Å². The van der Waals surface area contributed by atoms with E-state index < -0.39 is 16.8 Å². The van der Waals surface area contributed by atoms with Gasteiger partial charge in [0.25, 0.3) is 0 Å². The van der Waals surface area contributed by atoms with Crippen LogP contribution in [0.4, 0.5) is 0 Å². The summed E-state index contributed by atoms with van der Waals surface area (Å²) >= 11 is 0. The zero-order chi connectivity index (χ0) is 20.9. The summed E-state index contributed by atoms with van der Waals surface area (Å²) in [5.41, 5.74) is 0. The standard InChI is InChI=1S/C22H53N3Si2/c1-10-19-23(20-11-2)26(15-6,16-7)25(14-5)27(17-8,18-9)24(21-12-3)22-13-4/h10-22H2,1-9H3. The highest BCUT2D eigenvalue weighted by atomic mass is 28.4. The number of nitrogens with zero attached hydrogens (tertiary/aromatic N) is 3. The molecule has 0 aliphatic rings. The van der Waals surface area contributed by atoms with Crippen molar-refractivity contribution in [3.63, 3.8) is 0 Å². The fourth-order valence-electron chi connectivity index (χ4n) is 5.61. The van der Waals surface area contributed by atoms with Gasteiger partial charge in [-0.1, -0.05) is 62.3 Å². The molecule has 0 N–H and O–H groups in total. The zero-order valence-corrected chi connectivity index (χ0v) is 22.5. The minimum atomic E-state index is -1.66. The Hall–Kier alpha value is 0.314. The second kappa shape index (κ2) is 14.3. The van der Waals surface area contributed by atoms with Gasteiger partial charge >= 0.3 is 0 Å². The number of rotatable bonds is 17. The fraction of sp³-hybridized carbons (Fsp3) is 1.00. The first-order valence-electron chi connectivity index (χ1n) is 12.3. The van der Waals surface area contributed by atoms with Gasteiger partial charge in [-0.3, -0.25) is 0 Å². The maximum atomic E-state index is 3.20. The Morgan fingerprint density at radius 3 is 0.852 bits per heavy atom. The van der Waals surface area contributed by atoms with Crippen LogP contribution < -0.4 is 0 Å². The predicted octanol–water partition coefficient (Wildman–Crippen LogP) is 6.52. The minimum Gasteiger partial charge on any atom is -0.321 e. The van der Waals surface area contributed by atoms with Crippen molar-refractivity contribution in [2.75, 3.05) is 32.7 Å². The zero-order valence-electron chi connectivity index (χ0n) is 20.5. The average molecular weight is 416 g/mol. The van der Waals surface area contributed by atoms with Crippen LogP contribution in [0.5, 0.6) is 0 Å². The van der Waals surface area contributed by atoms with Crippen LogP contribution >= 0.6 is 0 Å². The van der Waals surface area contributed by atoms with Gasteiger partial charge in [0.05, 0.1) is 0 Å². The lowest BCUT2D eigenvalue weighted by atomic mass is 10.4. The topological polar surface area (TPSA) is 9.72 Å². The molecule has 0 spiro atoms. The normalized spacial score (nSPS) is 13.3. The molecule has 0 saturated heterocycles. The van der Waals surface area contributed by atoms with Crippen LogP contribution in [0.1, 0.15) is 88.0 Å².